The maximum Gasteiger partial charge on any atom is 0.255 e. The molecule has 6 heterocycles. The largest absolute Gasteiger partial charge is 0.492 e. The molecule has 1 atom stereocenters. The van der Waals surface area contributed by atoms with Gasteiger partial charge in [-0.3, -0.25) is 34.5 Å². The summed E-state index contributed by atoms with van der Waals surface area (Å²) in [5, 5.41) is 13.4. The van der Waals surface area contributed by atoms with Crippen LogP contribution in [0.2, 0.25) is 0 Å². The summed E-state index contributed by atoms with van der Waals surface area (Å²) in [6, 6.07) is 7.82. The highest BCUT2D eigenvalue weighted by Crippen LogP contribution is 2.38. The predicted octanol–water partition coefficient (Wildman–Crippen LogP) is 3.52. The summed E-state index contributed by atoms with van der Waals surface area (Å²) in [6.45, 7) is 12.6. The van der Waals surface area contributed by atoms with Crippen molar-refractivity contribution >= 4 is 92.5 Å². The van der Waals surface area contributed by atoms with Crippen molar-refractivity contribution in [3.63, 3.8) is 0 Å². The van der Waals surface area contributed by atoms with Crippen LogP contribution in [0.1, 0.15) is 67.2 Å². The lowest BCUT2D eigenvalue weighted by atomic mass is 10.0. The number of nitrogens with two attached hydrogens (primary N) is 1. The summed E-state index contributed by atoms with van der Waals surface area (Å²) in [4.78, 5) is 72.1. The molecular weight excluding hydrogens is 888 g/mol. The molecule has 0 unspecified atom stereocenters. The second kappa shape index (κ2) is 18.7. The van der Waals surface area contributed by atoms with Gasteiger partial charge in [-0.05, 0) is 65.7 Å². The number of ether oxygens (including phenoxy) is 1. The summed E-state index contributed by atoms with van der Waals surface area (Å²) < 4.78 is 33.1. The number of imide groups is 1. The number of nitrogens with zero attached hydrogens (tertiary/aromatic N) is 8. The molecule has 8 rings (SSSR count). The minimum Gasteiger partial charge on any atom is -0.492 e. The summed E-state index contributed by atoms with van der Waals surface area (Å²) in [5.74, 6) is 0.0918. The van der Waals surface area contributed by atoms with Crippen LogP contribution in [-0.4, -0.2) is 130 Å². The van der Waals surface area contributed by atoms with Crippen molar-refractivity contribution in [2.24, 2.45) is 10.7 Å². The van der Waals surface area contributed by atoms with Crippen molar-refractivity contribution in [3.8, 4) is 5.75 Å². The first kappa shape index (κ1) is 47.6. The van der Waals surface area contributed by atoms with Gasteiger partial charge < -0.3 is 30.5 Å². The number of hydrogen-bond donors (Lipinski definition) is 4. The Morgan fingerprint density at radius 3 is 2.44 bits per heavy atom. The Labute approximate surface area is 383 Å². The van der Waals surface area contributed by atoms with E-state index in [1.807, 2.05) is 24.8 Å². The Kier molecular flexibility index (Phi) is 13.9. The molecule has 0 aliphatic carbocycles. The lowest BCUT2D eigenvalue weighted by Gasteiger charge is -2.41. The van der Waals surface area contributed by atoms with Crippen molar-refractivity contribution in [2.45, 2.75) is 76.1 Å². The topological polar surface area (TPSA) is 242 Å². The lowest BCUT2D eigenvalue weighted by Crippen LogP contribution is -2.55. The van der Waals surface area contributed by atoms with Crippen LogP contribution >= 0.6 is 24.8 Å². The van der Waals surface area contributed by atoms with Crippen LogP contribution in [0.5, 0.6) is 5.75 Å². The molecule has 0 saturated carbocycles. The minimum absolute atomic E-state index is 0. The number of piperidine rings is 1. The highest BCUT2D eigenvalue weighted by molar-refractivity contribution is 7.92. The SMILES string of the molecule is Cc1[nH]nc(Nc2ncnc3cc(OCCCN4CCN(C5=NC=C(C(N)=O)CN5c5cccc6c5CN([C@H]5CCC(=O)NC5=O)C6=O)CC4)c(S(=O)(=O)C(C)(C)C)cc23)c1C.Cl.Cl. The molecule has 2 aromatic carbocycles. The van der Waals surface area contributed by atoms with E-state index in [9.17, 15) is 27.6 Å². The smallest absolute Gasteiger partial charge is 0.255 e. The number of anilines is 3. The highest BCUT2D eigenvalue weighted by Gasteiger charge is 2.41. The Morgan fingerprint density at radius 1 is 1.02 bits per heavy atom. The number of carbonyl (C=O) groups excluding carboxylic acids is 4. The van der Waals surface area contributed by atoms with Crippen molar-refractivity contribution < 1.29 is 32.3 Å². The third-order valence-corrected chi connectivity index (χ3v) is 14.4. The summed E-state index contributed by atoms with van der Waals surface area (Å²) in [5.41, 5.74) is 10.2. The first-order valence-corrected chi connectivity index (χ1v) is 22.0. The number of nitrogens with one attached hydrogen (secondary N) is 3. The number of aryl methyl sites for hydroxylation is 1. The van der Waals surface area contributed by atoms with Gasteiger partial charge in [-0.15, -0.1) is 24.8 Å². The third-order valence-electron chi connectivity index (χ3n) is 11.9. The van der Waals surface area contributed by atoms with Crippen LogP contribution in [0.15, 0.2) is 58.3 Å². The van der Waals surface area contributed by atoms with E-state index in [4.69, 9.17) is 15.5 Å². The minimum atomic E-state index is -3.86. The fourth-order valence-electron chi connectivity index (χ4n) is 8.07. The summed E-state index contributed by atoms with van der Waals surface area (Å²) in [6.07, 6.45) is 3.91. The van der Waals surface area contributed by atoms with E-state index in [0.717, 1.165) is 11.3 Å². The van der Waals surface area contributed by atoms with Crippen LogP contribution in [0.3, 0.4) is 0 Å². The van der Waals surface area contributed by atoms with E-state index in [1.54, 1.807) is 45.0 Å². The van der Waals surface area contributed by atoms with Gasteiger partial charge in [-0.1, -0.05) is 6.07 Å². The molecule has 0 radical (unpaired) electrons. The number of benzene rings is 2. The molecule has 2 aromatic heterocycles. The predicted molar refractivity (Wildman–Crippen MR) is 245 cm³/mol. The number of rotatable bonds is 11. The van der Waals surface area contributed by atoms with Gasteiger partial charge in [-0.2, -0.15) is 5.10 Å². The zero-order valence-electron chi connectivity index (χ0n) is 36.1. The number of amides is 4. The third kappa shape index (κ3) is 9.09. The molecule has 4 amide bonds. The number of fused-ring (bicyclic) bond motifs is 2. The fourth-order valence-corrected chi connectivity index (χ4v) is 9.39. The van der Waals surface area contributed by atoms with Gasteiger partial charge >= 0.3 is 0 Å². The fraction of sp³-hybridized carbons (Fsp3) is 0.429. The van der Waals surface area contributed by atoms with Gasteiger partial charge in [0, 0.05) is 91.4 Å². The van der Waals surface area contributed by atoms with Crippen LogP contribution in [0.25, 0.3) is 10.9 Å². The van der Waals surface area contributed by atoms with Gasteiger partial charge in [0.1, 0.15) is 28.8 Å². The van der Waals surface area contributed by atoms with Gasteiger partial charge in [0.25, 0.3) is 5.91 Å². The van der Waals surface area contributed by atoms with E-state index in [-0.39, 0.29) is 79.8 Å². The summed E-state index contributed by atoms with van der Waals surface area (Å²) in [7, 11) is -3.86. The zero-order valence-corrected chi connectivity index (χ0v) is 38.6. The molecule has 4 aliphatic rings. The average Bonchev–Trinajstić information content (AvgIpc) is 3.74. The number of sulfone groups is 1. The number of H-pyrrole nitrogens is 1. The first-order valence-electron chi connectivity index (χ1n) is 20.5. The number of aliphatic imine (C=N–C) groups is 1. The molecule has 0 spiro atoms. The number of primary amides is 1. The van der Waals surface area contributed by atoms with Crippen molar-refractivity contribution in [2.75, 3.05) is 56.1 Å². The van der Waals surface area contributed by atoms with Gasteiger partial charge in [-0.25, -0.2) is 23.4 Å². The van der Waals surface area contributed by atoms with E-state index in [2.05, 4.69) is 40.6 Å². The quantitative estimate of drug-likeness (QED) is 0.124. The standard InChI is InChI=1S/C42H50N12O7S.2ClH/c1-24-25(2)49-50-37(24)48-38-28-18-34(62(59,60)42(3,4)5)33(19-30(28)45-23-46-38)61-17-7-12-51-13-15-52(16-14-51)41-44-20-26(36(43)56)21-54(41)31-9-6-8-27-29(31)22-53(40(27)58)32-10-11-35(55)47-39(32)57;;/h6,8-9,18-20,23,32H,7,10-17,21-22H2,1-5H3,(H2,43,56)(H,47,55,57)(H2,45,46,48,49,50);2*1H/t32-;;/m0../s1. The van der Waals surface area contributed by atoms with Gasteiger partial charge in [0.15, 0.2) is 15.7 Å². The Balaban J connectivity index is 0.00000340. The molecule has 19 nitrogen and oxygen atoms in total. The van der Waals surface area contributed by atoms with Crippen molar-refractivity contribution in [1.82, 2.24) is 40.2 Å². The molecule has 64 heavy (non-hydrogen) atoms. The van der Waals surface area contributed by atoms with E-state index >= 15 is 0 Å². The molecule has 4 aliphatic heterocycles. The number of piperazine rings is 1. The monoisotopic (exact) mass is 938 g/mol. The number of guanidine groups is 1. The van der Waals surface area contributed by atoms with Crippen molar-refractivity contribution in [3.05, 3.63) is 70.8 Å². The van der Waals surface area contributed by atoms with Crippen LogP contribution in [0, 0.1) is 13.8 Å². The summed E-state index contributed by atoms with van der Waals surface area (Å²) >= 11 is 0. The van der Waals surface area contributed by atoms with Crippen LogP contribution in [-0.2, 0) is 30.8 Å². The van der Waals surface area contributed by atoms with Crippen LogP contribution in [0.4, 0.5) is 17.3 Å². The molecule has 342 valence electrons. The van der Waals surface area contributed by atoms with E-state index in [1.165, 1.54) is 17.4 Å². The highest BCUT2D eigenvalue weighted by atomic mass is 35.5. The zero-order chi connectivity index (χ0) is 44.1. The molecule has 2 fully saturated rings. The molecule has 0 bridgehead atoms. The van der Waals surface area contributed by atoms with Crippen LogP contribution < -0.4 is 26.0 Å². The number of aromatic nitrogens is 4. The molecule has 22 heteroatoms. The molecular formula is C42H52Cl2N12O7S. The number of halogens is 2. The Morgan fingerprint density at radius 2 is 1.77 bits per heavy atom. The van der Waals surface area contributed by atoms with E-state index < -0.39 is 32.4 Å². The second-order valence-electron chi connectivity index (χ2n) is 16.9. The molecule has 2 saturated heterocycles. The lowest BCUT2D eigenvalue weighted by molar-refractivity contribution is -0.137. The van der Waals surface area contributed by atoms with Gasteiger partial charge in [0.05, 0.1) is 29.0 Å². The first-order chi connectivity index (χ1) is 29.5. The Hall–Kier alpha value is -5.83. The Bertz CT molecular complexity index is 2680. The second-order valence-corrected chi connectivity index (χ2v) is 19.5. The van der Waals surface area contributed by atoms with Crippen molar-refractivity contribution in [1.29, 1.82) is 0 Å². The maximum absolute atomic E-state index is 14.0. The number of carbonyl (C=O) groups is 4. The normalized spacial score (nSPS) is 18.2. The molecule has 5 N–H and O–H groups in total. The number of aromatic amines is 1. The maximum atomic E-state index is 14.0. The number of hydrogen-bond acceptors (Lipinski definition) is 15. The average molecular weight is 940 g/mol. The van der Waals surface area contributed by atoms with Gasteiger partial charge in [0.2, 0.25) is 23.7 Å². The van der Waals surface area contributed by atoms with E-state index in [0.29, 0.717) is 90.0 Å². The molecule has 4 aromatic rings.